The summed E-state index contributed by atoms with van der Waals surface area (Å²) in [6.07, 6.45) is 14.2. The highest BCUT2D eigenvalue weighted by atomic mass is 14.3. The van der Waals surface area contributed by atoms with E-state index in [1.807, 2.05) is 0 Å². The molecule has 0 bridgehead atoms. The van der Waals surface area contributed by atoms with Crippen LogP contribution in [0.25, 0.3) is 76.8 Å². The first-order valence-electron chi connectivity index (χ1n) is 21.8. The van der Waals surface area contributed by atoms with Crippen LogP contribution in [0.3, 0.4) is 0 Å². The molecule has 0 aliphatic heterocycles. The van der Waals surface area contributed by atoms with E-state index in [9.17, 15) is 0 Å². The second kappa shape index (κ2) is 17.3. The highest BCUT2D eigenvalue weighted by Gasteiger charge is 2.26. The Labute approximate surface area is 336 Å². The van der Waals surface area contributed by atoms with Crippen LogP contribution in [-0.4, -0.2) is 0 Å². The van der Waals surface area contributed by atoms with Gasteiger partial charge in [-0.2, -0.15) is 0 Å². The van der Waals surface area contributed by atoms with Gasteiger partial charge in [0.25, 0.3) is 0 Å². The number of hydrogen-bond donors (Lipinski definition) is 0. The smallest absolute Gasteiger partial charge is 0.000742 e. The molecule has 0 saturated heterocycles. The number of aryl methyl sites for hydroxylation is 4. The Kier molecular flexibility index (Phi) is 11.6. The number of benzene rings is 8. The van der Waals surface area contributed by atoms with E-state index in [-0.39, 0.29) is 0 Å². The van der Waals surface area contributed by atoms with Gasteiger partial charge in [0, 0.05) is 0 Å². The molecule has 0 N–H and O–H groups in total. The van der Waals surface area contributed by atoms with Crippen molar-refractivity contribution in [3.05, 3.63) is 156 Å². The van der Waals surface area contributed by atoms with Crippen molar-refractivity contribution < 1.29 is 0 Å². The average molecular weight is 731 g/mol. The summed E-state index contributed by atoms with van der Waals surface area (Å²) in [5.74, 6) is 0. The van der Waals surface area contributed by atoms with Crippen LogP contribution in [0.15, 0.2) is 133 Å². The van der Waals surface area contributed by atoms with Crippen molar-refractivity contribution in [2.24, 2.45) is 0 Å². The van der Waals surface area contributed by atoms with Crippen molar-refractivity contribution in [2.45, 2.75) is 105 Å². The Bertz CT molecular complexity index is 2510. The Morgan fingerprint density at radius 2 is 0.732 bits per heavy atom. The molecule has 56 heavy (non-hydrogen) atoms. The predicted octanol–water partition coefficient (Wildman–Crippen LogP) is 16.6. The van der Waals surface area contributed by atoms with E-state index in [0.29, 0.717) is 0 Å². The summed E-state index contributed by atoms with van der Waals surface area (Å²) in [4.78, 5) is 0. The maximum absolute atomic E-state index is 2.49. The van der Waals surface area contributed by atoms with Gasteiger partial charge in [0.05, 0.1) is 0 Å². The number of rotatable bonds is 16. The summed E-state index contributed by atoms with van der Waals surface area (Å²) in [5.41, 5.74) is 16.1. The molecule has 0 heterocycles. The molecular formula is C56H58. The fourth-order valence-electron chi connectivity index (χ4n) is 9.00. The molecule has 0 saturated carbocycles. The van der Waals surface area contributed by atoms with Crippen LogP contribution in [0.4, 0.5) is 0 Å². The van der Waals surface area contributed by atoms with E-state index in [1.165, 1.54) is 150 Å². The highest BCUT2D eigenvalue weighted by molar-refractivity contribution is 6.34. The van der Waals surface area contributed by atoms with Crippen molar-refractivity contribution in [1.82, 2.24) is 0 Å². The van der Waals surface area contributed by atoms with Gasteiger partial charge in [-0.05, 0) is 157 Å². The summed E-state index contributed by atoms with van der Waals surface area (Å²) in [7, 11) is 0. The molecule has 8 rings (SSSR count). The van der Waals surface area contributed by atoms with Gasteiger partial charge in [0.2, 0.25) is 0 Å². The van der Waals surface area contributed by atoms with Crippen LogP contribution in [0.2, 0.25) is 0 Å². The van der Waals surface area contributed by atoms with Gasteiger partial charge in [0.15, 0.2) is 0 Å². The van der Waals surface area contributed by atoms with Gasteiger partial charge in [-0.1, -0.05) is 181 Å². The lowest BCUT2D eigenvalue weighted by molar-refractivity contribution is 0.795. The molecule has 0 radical (unpaired) electrons. The molecule has 0 heteroatoms. The predicted molar refractivity (Wildman–Crippen MR) is 246 cm³/mol. The van der Waals surface area contributed by atoms with Gasteiger partial charge < -0.3 is 0 Å². The zero-order valence-electron chi connectivity index (χ0n) is 34.2. The molecule has 0 aliphatic rings. The maximum Gasteiger partial charge on any atom is -0.000742 e. The lowest BCUT2D eigenvalue weighted by Gasteiger charge is -2.26. The molecular weight excluding hydrogens is 673 g/mol. The fraction of sp³-hybridized carbons (Fsp3) is 0.286. The van der Waals surface area contributed by atoms with E-state index < -0.39 is 0 Å². The first-order valence-corrected chi connectivity index (χ1v) is 21.8. The molecule has 0 spiro atoms. The van der Waals surface area contributed by atoms with Gasteiger partial charge in [0.1, 0.15) is 0 Å². The fourth-order valence-corrected chi connectivity index (χ4v) is 9.00. The highest BCUT2D eigenvalue weighted by Crippen LogP contribution is 2.53. The summed E-state index contributed by atoms with van der Waals surface area (Å²) >= 11 is 0. The topological polar surface area (TPSA) is 0 Å². The van der Waals surface area contributed by atoms with Gasteiger partial charge in [-0.3, -0.25) is 0 Å². The van der Waals surface area contributed by atoms with Crippen LogP contribution in [-0.2, 0) is 25.7 Å². The van der Waals surface area contributed by atoms with E-state index in [4.69, 9.17) is 0 Å². The Balaban J connectivity index is 1.51. The van der Waals surface area contributed by atoms with E-state index in [1.54, 1.807) is 0 Å². The van der Waals surface area contributed by atoms with Crippen LogP contribution in [0.5, 0.6) is 0 Å². The first-order chi connectivity index (χ1) is 27.6. The van der Waals surface area contributed by atoms with Crippen LogP contribution in [0, 0.1) is 0 Å². The van der Waals surface area contributed by atoms with Crippen LogP contribution >= 0.6 is 0 Å². The van der Waals surface area contributed by atoms with E-state index in [2.05, 4.69) is 161 Å². The van der Waals surface area contributed by atoms with Crippen molar-refractivity contribution in [2.75, 3.05) is 0 Å². The summed E-state index contributed by atoms with van der Waals surface area (Å²) in [6, 6.07) is 52.5. The molecule has 0 aliphatic carbocycles. The molecule has 0 unspecified atom stereocenters. The van der Waals surface area contributed by atoms with Gasteiger partial charge in [-0.15, -0.1) is 0 Å². The lowest BCUT2D eigenvalue weighted by atomic mass is 9.77. The maximum atomic E-state index is 2.49. The molecule has 8 aromatic carbocycles. The lowest BCUT2D eigenvalue weighted by Crippen LogP contribution is -1.99. The minimum Gasteiger partial charge on any atom is -0.0654 e. The zero-order chi connectivity index (χ0) is 38.4. The van der Waals surface area contributed by atoms with E-state index >= 15 is 0 Å². The number of hydrogen-bond acceptors (Lipinski definition) is 0. The Morgan fingerprint density at radius 1 is 0.321 bits per heavy atom. The molecule has 282 valence electrons. The molecule has 8 aromatic rings. The van der Waals surface area contributed by atoms with Crippen molar-refractivity contribution >= 4 is 32.3 Å². The SMILES string of the molecule is CCCCc1ccc(-c2c(-c3ccc(CCCC)cc3)c3ccc4cccc5cc(-c6ccc(CCCC)cc6)c(c2-c2ccc(CCCC)cc2)c3c45)cc1. The second-order valence-corrected chi connectivity index (χ2v) is 16.2. The third-order valence-electron chi connectivity index (χ3n) is 12.2. The largest absolute Gasteiger partial charge is 0.0654 e. The minimum absolute atomic E-state index is 1.12. The molecule has 0 fully saturated rings. The monoisotopic (exact) mass is 730 g/mol. The normalized spacial score (nSPS) is 11.7. The average Bonchev–Trinajstić information content (AvgIpc) is 3.25. The molecule has 0 nitrogen and oxygen atoms in total. The zero-order valence-corrected chi connectivity index (χ0v) is 34.2. The van der Waals surface area contributed by atoms with Gasteiger partial charge >= 0.3 is 0 Å². The summed E-state index contributed by atoms with van der Waals surface area (Å²) in [6.45, 7) is 9.14. The molecule has 0 aromatic heterocycles. The van der Waals surface area contributed by atoms with Crippen LogP contribution < -0.4 is 0 Å². The van der Waals surface area contributed by atoms with E-state index in [0.717, 1.165) is 25.7 Å². The first kappa shape index (κ1) is 37.7. The third-order valence-corrected chi connectivity index (χ3v) is 12.2. The number of unbranched alkanes of at least 4 members (excludes halogenated alkanes) is 4. The molecule has 0 amide bonds. The van der Waals surface area contributed by atoms with Gasteiger partial charge in [-0.25, -0.2) is 0 Å². The van der Waals surface area contributed by atoms with Crippen molar-refractivity contribution in [1.29, 1.82) is 0 Å². The summed E-state index contributed by atoms with van der Waals surface area (Å²) in [5, 5.41) is 8.05. The Hall–Kier alpha value is -5.20. The van der Waals surface area contributed by atoms with Crippen LogP contribution in [0.1, 0.15) is 101 Å². The minimum atomic E-state index is 1.12. The van der Waals surface area contributed by atoms with Crippen molar-refractivity contribution in [3.8, 4) is 44.5 Å². The Morgan fingerprint density at radius 3 is 1.20 bits per heavy atom. The third kappa shape index (κ3) is 7.52. The second-order valence-electron chi connectivity index (χ2n) is 16.2. The summed E-state index contributed by atoms with van der Waals surface area (Å²) < 4.78 is 0. The molecule has 0 atom stereocenters. The van der Waals surface area contributed by atoms with Crippen molar-refractivity contribution in [3.63, 3.8) is 0 Å². The standard InChI is InChI=1S/C56H58/c1-5-9-14-39-20-28-43(29-21-39)50-38-48-19-13-18-44-36-37-49-52(45-30-22-40(23-31-45)15-10-6-2)53(46-32-24-41(25-33-46)16-11-7-3)54(56(50)55(49)51(44)48)47-34-26-42(27-35-47)17-12-8-4/h13,18-38H,5-12,14-17H2,1-4H3. The quantitative estimate of drug-likeness (QED) is 0.0869.